The fourth-order valence-corrected chi connectivity index (χ4v) is 4.48. The molecule has 1 unspecified atom stereocenters. The lowest BCUT2D eigenvalue weighted by Crippen LogP contribution is -2.46. The molecule has 3 rings (SSSR count). The number of hydrogen-bond acceptors (Lipinski definition) is 3. The normalized spacial score (nSPS) is 20.1. The minimum Gasteiger partial charge on any atom is -0.496 e. The molecule has 148 valence electrons. The van der Waals surface area contributed by atoms with Gasteiger partial charge in [0.2, 0.25) is 5.91 Å². The third-order valence-corrected chi connectivity index (χ3v) is 6.01. The Morgan fingerprint density at radius 3 is 2.74 bits per heavy atom. The highest BCUT2D eigenvalue weighted by Gasteiger charge is 2.35. The summed E-state index contributed by atoms with van der Waals surface area (Å²) in [4.78, 5) is 27.3. The number of carbonyl (C=O) groups is 2. The highest BCUT2D eigenvalue weighted by atomic mass is 35.5. The van der Waals surface area contributed by atoms with Gasteiger partial charge in [-0.15, -0.1) is 0 Å². The van der Waals surface area contributed by atoms with Gasteiger partial charge in [-0.1, -0.05) is 37.3 Å². The van der Waals surface area contributed by atoms with Crippen molar-refractivity contribution in [3.8, 4) is 5.75 Å². The van der Waals surface area contributed by atoms with Crippen LogP contribution in [-0.4, -0.2) is 43.0 Å². The number of rotatable bonds is 7. The van der Waals surface area contributed by atoms with E-state index in [-0.39, 0.29) is 11.8 Å². The summed E-state index contributed by atoms with van der Waals surface area (Å²) < 4.78 is 5.30. The van der Waals surface area contributed by atoms with Crippen molar-refractivity contribution in [3.05, 3.63) is 28.8 Å². The molecule has 1 heterocycles. The summed E-state index contributed by atoms with van der Waals surface area (Å²) in [5.41, 5.74) is 0.408. The van der Waals surface area contributed by atoms with Gasteiger partial charge < -0.3 is 15.0 Å². The molecular formula is C21H29ClN2O3. The minimum absolute atomic E-state index is 0.0479. The molecular weight excluding hydrogens is 364 g/mol. The summed E-state index contributed by atoms with van der Waals surface area (Å²) in [6, 6.07) is 4.57. The highest BCUT2D eigenvalue weighted by Crippen LogP contribution is 2.29. The molecule has 2 fully saturated rings. The second-order valence-electron chi connectivity index (χ2n) is 7.58. The Morgan fingerprint density at radius 2 is 2.00 bits per heavy atom. The lowest BCUT2D eigenvalue weighted by atomic mass is 10.0. The van der Waals surface area contributed by atoms with Gasteiger partial charge in [-0.2, -0.15) is 0 Å². The average Bonchev–Trinajstić information content (AvgIpc) is 3.36. The Labute approximate surface area is 166 Å². The number of ether oxygens (including phenoxy) is 1. The van der Waals surface area contributed by atoms with E-state index >= 15 is 0 Å². The molecule has 1 N–H and O–H groups in total. The number of likely N-dealkylation sites (tertiary alicyclic amines) is 1. The minimum atomic E-state index is -0.410. The maximum atomic E-state index is 13.0. The topological polar surface area (TPSA) is 58.6 Å². The van der Waals surface area contributed by atoms with Crippen LogP contribution in [0.15, 0.2) is 18.2 Å². The summed E-state index contributed by atoms with van der Waals surface area (Å²) in [7, 11) is 1.53. The van der Waals surface area contributed by atoms with Crippen LogP contribution in [0.2, 0.25) is 5.02 Å². The van der Waals surface area contributed by atoms with Crippen LogP contribution in [0.25, 0.3) is 0 Å². The third kappa shape index (κ3) is 4.95. The van der Waals surface area contributed by atoms with E-state index in [0.29, 0.717) is 35.8 Å². The predicted octanol–water partition coefficient (Wildman–Crippen LogP) is 4.04. The predicted molar refractivity (Wildman–Crippen MR) is 106 cm³/mol. The van der Waals surface area contributed by atoms with E-state index in [1.165, 1.54) is 39.2 Å². The van der Waals surface area contributed by atoms with Gasteiger partial charge in [0.25, 0.3) is 5.91 Å². The van der Waals surface area contributed by atoms with Crippen LogP contribution in [0.1, 0.15) is 61.7 Å². The van der Waals surface area contributed by atoms with Crippen LogP contribution in [0.5, 0.6) is 5.75 Å². The van der Waals surface area contributed by atoms with Gasteiger partial charge in [-0.3, -0.25) is 9.59 Å². The summed E-state index contributed by atoms with van der Waals surface area (Å²) in [5.74, 6) is 1.07. The molecule has 1 aliphatic heterocycles. The number of nitrogens with zero attached hydrogens (tertiary/aromatic N) is 1. The Kier molecular flexibility index (Phi) is 7.00. The second kappa shape index (κ2) is 9.45. The molecule has 1 saturated heterocycles. The number of amides is 2. The standard InChI is InChI=1S/C21H29ClN2O3/c1-27-19-11-10-16(22)14-17(19)21(26)24-13-5-9-18(24)20(25)23-12-4-8-15-6-2-3-7-15/h10-11,14-15,18H,2-9,12-13H2,1H3,(H,23,25). The Morgan fingerprint density at radius 1 is 1.22 bits per heavy atom. The molecule has 1 saturated carbocycles. The van der Waals surface area contributed by atoms with Crippen molar-refractivity contribution in [2.45, 2.75) is 57.4 Å². The molecule has 2 amide bonds. The van der Waals surface area contributed by atoms with E-state index in [4.69, 9.17) is 16.3 Å². The van der Waals surface area contributed by atoms with E-state index < -0.39 is 6.04 Å². The van der Waals surface area contributed by atoms with Crippen LogP contribution in [0.3, 0.4) is 0 Å². The van der Waals surface area contributed by atoms with Gasteiger partial charge in [-0.05, 0) is 49.8 Å². The van der Waals surface area contributed by atoms with Gasteiger partial charge >= 0.3 is 0 Å². The summed E-state index contributed by atoms with van der Waals surface area (Å²) in [5, 5.41) is 3.51. The molecule has 0 radical (unpaired) electrons. The maximum absolute atomic E-state index is 13.0. The van der Waals surface area contributed by atoms with Gasteiger partial charge in [0.1, 0.15) is 11.8 Å². The molecule has 1 aromatic carbocycles. The number of nitrogens with one attached hydrogen (secondary N) is 1. The first kappa shape index (κ1) is 20.0. The summed E-state index contributed by atoms with van der Waals surface area (Å²) >= 11 is 6.06. The van der Waals surface area contributed by atoms with Crippen LogP contribution < -0.4 is 10.1 Å². The van der Waals surface area contributed by atoms with Crippen molar-refractivity contribution in [2.24, 2.45) is 5.92 Å². The van der Waals surface area contributed by atoms with Crippen molar-refractivity contribution in [1.82, 2.24) is 10.2 Å². The number of methoxy groups -OCH3 is 1. The molecule has 1 atom stereocenters. The van der Waals surface area contributed by atoms with E-state index in [9.17, 15) is 9.59 Å². The Balaban J connectivity index is 1.56. The zero-order valence-electron chi connectivity index (χ0n) is 16.0. The van der Waals surface area contributed by atoms with E-state index in [1.807, 2.05) is 0 Å². The lowest BCUT2D eigenvalue weighted by molar-refractivity contribution is -0.124. The first-order valence-electron chi connectivity index (χ1n) is 10.0. The molecule has 0 spiro atoms. The van der Waals surface area contributed by atoms with Crippen molar-refractivity contribution in [1.29, 1.82) is 0 Å². The third-order valence-electron chi connectivity index (χ3n) is 5.77. The monoisotopic (exact) mass is 392 g/mol. The zero-order valence-corrected chi connectivity index (χ0v) is 16.8. The fraction of sp³-hybridized carbons (Fsp3) is 0.619. The molecule has 5 nitrogen and oxygen atoms in total. The first-order valence-corrected chi connectivity index (χ1v) is 10.4. The molecule has 2 aliphatic rings. The summed E-state index contributed by atoms with van der Waals surface area (Å²) in [6.45, 7) is 1.27. The van der Waals surface area contributed by atoms with Crippen LogP contribution in [0, 0.1) is 5.92 Å². The molecule has 1 aliphatic carbocycles. The van der Waals surface area contributed by atoms with Gasteiger partial charge in [0.15, 0.2) is 0 Å². The molecule has 0 bridgehead atoms. The Hall–Kier alpha value is -1.75. The summed E-state index contributed by atoms with van der Waals surface area (Å²) in [6.07, 6.45) is 9.09. The van der Waals surface area contributed by atoms with Crippen LogP contribution in [-0.2, 0) is 4.79 Å². The fourth-order valence-electron chi connectivity index (χ4n) is 4.30. The second-order valence-corrected chi connectivity index (χ2v) is 8.02. The zero-order chi connectivity index (χ0) is 19.2. The maximum Gasteiger partial charge on any atom is 0.258 e. The van der Waals surface area contributed by atoms with Crippen LogP contribution in [0.4, 0.5) is 0 Å². The van der Waals surface area contributed by atoms with E-state index in [0.717, 1.165) is 18.8 Å². The van der Waals surface area contributed by atoms with Crippen molar-refractivity contribution in [2.75, 3.05) is 20.2 Å². The molecule has 6 heteroatoms. The SMILES string of the molecule is COc1ccc(Cl)cc1C(=O)N1CCCC1C(=O)NCCCC1CCCC1. The van der Waals surface area contributed by atoms with E-state index in [1.54, 1.807) is 23.1 Å². The molecule has 0 aromatic heterocycles. The lowest BCUT2D eigenvalue weighted by Gasteiger charge is -2.25. The van der Waals surface area contributed by atoms with Gasteiger partial charge in [0, 0.05) is 18.1 Å². The molecule has 27 heavy (non-hydrogen) atoms. The van der Waals surface area contributed by atoms with E-state index in [2.05, 4.69) is 5.32 Å². The highest BCUT2D eigenvalue weighted by molar-refractivity contribution is 6.31. The smallest absolute Gasteiger partial charge is 0.258 e. The number of carbonyl (C=O) groups excluding carboxylic acids is 2. The number of hydrogen-bond donors (Lipinski definition) is 1. The van der Waals surface area contributed by atoms with Crippen molar-refractivity contribution < 1.29 is 14.3 Å². The Bertz CT molecular complexity index is 673. The quantitative estimate of drug-likeness (QED) is 0.712. The first-order chi connectivity index (χ1) is 13.1. The molecule has 1 aromatic rings. The van der Waals surface area contributed by atoms with Gasteiger partial charge in [0.05, 0.1) is 12.7 Å². The average molecular weight is 393 g/mol. The van der Waals surface area contributed by atoms with Crippen molar-refractivity contribution >= 4 is 23.4 Å². The van der Waals surface area contributed by atoms with Crippen LogP contribution >= 0.6 is 11.6 Å². The number of benzene rings is 1. The van der Waals surface area contributed by atoms with Crippen molar-refractivity contribution in [3.63, 3.8) is 0 Å². The van der Waals surface area contributed by atoms with Gasteiger partial charge in [-0.25, -0.2) is 0 Å². The largest absolute Gasteiger partial charge is 0.496 e. The number of halogens is 1.